The van der Waals surface area contributed by atoms with Crippen molar-refractivity contribution < 1.29 is 0 Å². The van der Waals surface area contributed by atoms with Gasteiger partial charge < -0.3 is 0 Å². The van der Waals surface area contributed by atoms with Crippen molar-refractivity contribution in [1.29, 1.82) is 0 Å². The second-order valence-electron chi connectivity index (χ2n) is 2.98. The van der Waals surface area contributed by atoms with Crippen LogP contribution in [0.1, 0.15) is 30.9 Å². The zero-order chi connectivity index (χ0) is 8.43. The van der Waals surface area contributed by atoms with Gasteiger partial charge in [-0.25, -0.2) is 0 Å². The molecule has 0 heterocycles. The number of rotatable bonds is 1. The third kappa shape index (κ3) is 1.75. The lowest BCUT2D eigenvalue weighted by molar-refractivity contribution is 0.866. The molecule has 1 heteroatoms. The summed E-state index contributed by atoms with van der Waals surface area (Å²) < 4.78 is 0. The molecule has 0 bridgehead atoms. The number of halogens is 1. The zero-order valence-electron chi connectivity index (χ0n) is 6.89. The molecule has 1 rings (SSSR count). The lowest BCUT2D eigenvalue weighted by Gasteiger charge is -2.08. The van der Waals surface area contributed by atoms with Crippen LogP contribution in [0.25, 0.3) is 0 Å². The first-order valence-electron chi connectivity index (χ1n) is 3.73. The summed E-state index contributed by atoms with van der Waals surface area (Å²) in [4.78, 5) is 0. The van der Waals surface area contributed by atoms with Gasteiger partial charge >= 0.3 is 0 Å². The Morgan fingerprint density at radius 3 is 2.45 bits per heavy atom. The van der Waals surface area contributed by atoms with Gasteiger partial charge in [-0.3, -0.25) is 0 Å². The topological polar surface area (TPSA) is 0 Å². The van der Waals surface area contributed by atoms with Crippen LogP contribution in [0.5, 0.6) is 0 Å². The summed E-state index contributed by atoms with van der Waals surface area (Å²) in [6.45, 7) is 8.08. The van der Waals surface area contributed by atoms with Crippen molar-refractivity contribution in [2.75, 3.05) is 0 Å². The minimum atomic E-state index is 0.476. The van der Waals surface area contributed by atoms with Gasteiger partial charge in [0, 0.05) is 5.02 Å². The van der Waals surface area contributed by atoms with E-state index in [-0.39, 0.29) is 0 Å². The highest BCUT2D eigenvalue weighted by molar-refractivity contribution is 6.32. The lowest BCUT2D eigenvalue weighted by atomic mass is 10.0. The summed E-state index contributed by atoms with van der Waals surface area (Å²) in [5, 5.41) is 0.808. The van der Waals surface area contributed by atoms with Crippen molar-refractivity contribution in [3.8, 4) is 0 Å². The molecule has 0 atom stereocenters. The van der Waals surface area contributed by atoms with Crippen LogP contribution >= 0.6 is 11.6 Å². The Morgan fingerprint density at radius 2 is 2.00 bits per heavy atom. The standard InChI is InChI=1S/C10H12Cl/c1-7(2)9-6-4-5-8(3)10(9)11/h4-7H,3H2,1-2H3. The van der Waals surface area contributed by atoms with E-state index in [1.807, 2.05) is 18.2 Å². The Balaban J connectivity index is 3.17. The van der Waals surface area contributed by atoms with E-state index in [9.17, 15) is 0 Å². The second kappa shape index (κ2) is 3.27. The van der Waals surface area contributed by atoms with Gasteiger partial charge in [0.2, 0.25) is 0 Å². The molecule has 11 heavy (non-hydrogen) atoms. The van der Waals surface area contributed by atoms with Crippen LogP contribution in [0.15, 0.2) is 18.2 Å². The Bertz CT molecular complexity index is 251. The molecule has 0 amide bonds. The van der Waals surface area contributed by atoms with E-state index in [4.69, 9.17) is 11.6 Å². The fourth-order valence-corrected chi connectivity index (χ4v) is 1.39. The maximum absolute atomic E-state index is 6.03. The van der Waals surface area contributed by atoms with E-state index in [1.54, 1.807) is 0 Å². The van der Waals surface area contributed by atoms with E-state index in [0.29, 0.717) is 5.92 Å². The van der Waals surface area contributed by atoms with E-state index in [1.165, 1.54) is 5.56 Å². The molecule has 59 valence electrons. The monoisotopic (exact) mass is 167 g/mol. The molecular weight excluding hydrogens is 156 g/mol. The van der Waals surface area contributed by atoms with Crippen LogP contribution in [-0.4, -0.2) is 0 Å². The van der Waals surface area contributed by atoms with Gasteiger partial charge in [-0.15, -0.1) is 0 Å². The lowest BCUT2D eigenvalue weighted by Crippen LogP contribution is -1.89. The molecule has 1 aromatic carbocycles. The molecular formula is C10H12Cl. The van der Waals surface area contributed by atoms with Crippen molar-refractivity contribution in [3.05, 3.63) is 41.3 Å². The molecule has 0 aliphatic heterocycles. The van der Waals surface area contributed by atoms with Gasteiger partial charge in [0.05, 0.1) is 0 Å². The molecule has 1 radical (unpaired) electrons. The number of benzene rings is 1. The Labute approximate surface area is 73.2 Å². The van der Waals surface area contributed by atoms with Gasteiger partial charge in [-0.2, -0.15) is 0 Å². The van der Waals surface area contributed by atoms with Crippen molar-refractivity contribution in [2.45, 2.75) is 19.8 Å². The van der Waals surface area contributed by atoms with E-state index < -0.39 is 0 Å². The predicted molar refractivity (Wildman–Crippen MR) is 50.0 cm³/mol. The summed E-state index contributed by atoms with van der Waals surface area (Å²) in [6.07, 6.45) is 0. The fraction of sp³-hybridized carbons (Fsp3) is 0.300. The molecule has 0 aliphatic rings. The van der Waals surface area contributed by atoms with Crippen molar-refractivity contribution in [1.82, 2.24) is 0 Å². The summed E-state index contributed by atoms with van der Waals surface area (Å²) in [6, 6.07) is 5.96. The van der Waals surface area contributed by atoms with E-state index in [2.05, 4.69) is 20.8 Å². The van der Waals surface area contributed by atoms with Gasteiger partial charge in [0.1, 0.15) is 0 Å². The minimum Gasteiger partial charge on any atom is -0.0837 e. The SMILES string of the molecule is [CH2]c1cccc(C(C)C)c1Cl. The van der Waals surface area contributed by atoms with Gasteiger partial charge in [0.15, 0.2) is 0 Å². The van der Waals surface area contributed by atoms with E-state index >= 15 is 0 Å². The van der Waals surface area contributed by atoms with Gasteiger partial charge in [0.25, 0.3) is 0 Å². The first-order valence-corrected chi connectivity index (χ1v) is 4.11. The van der Waals surface area contributed by atoms with Gasteiger partial charge in [-0.05, 0) is 24.0 Å². The molecule has 0 nitrogen and oxygen atoms in total. The third-order valence-electron chi connectivity index (χ3n) is 1.73. The Hall–Kier alpha value is -0.490. The van der Waals surface area contributed by atoms with Crippen LogP contribution in [0.3, 0.4) is 0 Å². The summed E-state index contributed by atoms with van der Waals surface area (Å²) >= 11 is 6.03. The van der Waals surface area contributed by atoms with Gasteiger partial charge in [-0.1, -0.05) is 43.6 Å². The summed E-state index contributed by atoms with van der Waals surface area (Å²) in [7, 11) is 0. The molecule has 0 N–H and O–H groups in total. The van der Waals surface area contributed by atoms with Crippen LogP contribution in [0.2, 0.25) is 5.02 Å². The van der Waals surface area contributed by atoms with Crippen molar-refractivity contribution in [3.63, 3.8) is 0 Å². The predicted octanol–water partition coefficient (Wildman–Crippen LogP) is 3.65. The van der Waals surface area contributed by atoms with Crippen LogP contribution in [0.4, 0.5) is 0 Å². The normalized spacial score (nSPS) is 10.6. The highest BCUT2D eigenvalue weighted by atomic mass is 35.5. The van der Waals surface area contributed by atoms with Crippen molar-refractivity contribution in [2.24, 2.45) is 0 Å². The molecule has 0 saturated carbocycles. The second-order valence-corrected chi connectivity index (χ2v) is 3.35. The molecule has 0 fully saturated rings. The number of hydrogen-bond donors (Lipinski definition) is 0. The van der Waals surface area contributed by atoms with Crippen LogP contribution in [-0.2, 0) is 0 Å². The van der Waals surface area contributed by atoms with Crippen LogP contribution < -0.4 is 0 Å². The molecule has 0 aromatic heterocycles. The minimum absolute atomic E-state index is 0.476. The molecule has 0 saturated heterocycles. The highest BCUT2D eigenvalue weighted by Gasteiger charge is 2.05. The maximum atomic E-state index is 6.03. The average Bonchev–Trinajstić information content (AvgIpc) is 1.94. The molecule has 0 aliphatic carbocycles. The number of hydrogen-bond acceptors (Lipinski definition) is 0. The Kier molecular flexibility index (Phi) is 2.56. The quantitative estimate of drug-likeness (QED) is 0.599. The molecule has 1 aromatic rings. The fourth-order valence-electron chi connectivity index (χ4n) is 1.05. The average molecular weight is 168 g/mol. The smallest absolute Gasteiger partial charge is 0.0472 e. The largest absolute Gasteiger partial charge is 0.0837 e. The molecule has 0 unspecified atom stereocenters. The van der Waals surface area contributed by atoms with E-state index in [0.717, 1.165) is 10.6 Å². The Morgan fingerprint density at radius 1 is 1.36 bits per heavy atom. The summed E-state index contributed by atoms with van der Waals surface area (Å²) in [5.74, 6) is 0.476. The maximum Gasteiger partial charge on any atom is 0.0472 e. The summed E-state index contributed by atoms with van der Waals surface area (Å²) in [5.41, 5.74) is 2.09. The van der Waals surface area contributed by atoms with Crippen molar-refractivity contribution >= 4 is 11.6 Å². The van der Waals surface area contributed by atoms with Crippen LogP contribution in [0, 0.1) is 6.92 Å². The first kappa shape index (κ1) is 8.61. The third-order valence-corrected chi connectivity index (χ3v) is 2.19. The first-order chi connectivity index (χ1) is 5.13. The molecule has 0 spiro atoms. The zero-order valence-corrected chi connectivity index (χ0v) is 7.65. The highest BCUT2D eigenvalue weighted by Crippen LogP contribution is 2.26.